The largest absolute Gasteiger partial charge is 0.126 e. The third-order valence-corrected chi connectivity index (χ3v) is 4.75. The quantitative estimate of drug-likeness (QED) is 0.638. The molecule has 4 heteroatoms. The van der Waals surface area contributed by atoms with E-state index in [0.29, 0.717) is 21.8 Å². The first-order valence-corrected chi connectivity index (χ1v) is 6.95. The van der Waals surface area contributed by atoms with Gasteiger partial charge in [0.15, 0.2) is 0 Å². The Hall–Kier alpha value is 0.380. The topological polar surface area (TPSA) is 0 Å². The molecule has 0 aliphatic rings. The summed E-state index contributed by atoms with van der Waals surface area (Å²) in [5, 5.41) is 1.15. The molecule has 0 aliphatic heterocycles. The molecule has 0 fully saturated rings. The number of hydrogen-bond acceptors (Lipinski definition) is 0. The van der Waals surface area contributed by atoms with Gasteiger partial charge in [-0.05, 0) is 30.5 Å². The minimum Gasteiger partial charge on any atom is -0.126 e. The standard InChI is InChI=1S/C12H14Cl4/c1-2-12(7-13,8-14)6-9-3-4-10(15)11(16)5-9/h3-5H,2,6-8H2,1H3. The first kappa shape index (κ1) is 14.4. The fourth-order valence-corrected chi connectivity index (χ4v) is 2.70. The second-order valence-electron chi connectivity index (χ2n) is 4.05. The second-order valence-corrected chi connectivity index (χ2v) is 5.39. The summed E-state index contributed by atoms with van der Waals surface area (Å²) >= 11 is 23.8. The van der Waals surface area contributed by atoms with Crippen molar-refractivity contribution in [2.45, 2.75) is 19.8 Å². The summed E-state index contributed by atoms with van der Waals surface area (Å²) in [5.74, 6) is 1.10. The molecule has 0 saturated carbocycles. The zero-order chi connectivity index (χ0) is 12.2. The average Bonchev–Trinajstić information content (AvgIpc) is 2.31. The van der Waals surface area contributed by atoms with Gasteiger partial charge >= 0.3 is 0 Å². The van der Waals surface area contributed by atoms with E-state index in [1.54, 1.807) is 0 Å². The summed E-state index contributed by atoms with van der Waals surface area (Å²) in [4.78, 5) is 0. The molecule has 0 radical (unpaired) electrons. The van der Waals surface area contributed by atoms with E-state index in [4.69, 9.17) is 46.4 Å². The smallest absolute Gasteiger partial charge is 0.0595 e. The maximum absolute atomic E-state index is 6.00. The lowest BCUT2D eigenvalue weighted by molar-refractivity contribution is 0.362. The Bertz CT molecular complexity index is 337. The van der Waals surface area contributed by atoms with Gasteiger partial charge in [0, 0.05) is 17.2 Å². The van der Waals surface area contributed by atoms with Crippen LogP contribution in [0.15, 0.2) is 18.2 Å². The molecule has 0 N–H and O–H groups in total. The van der Waals surface area contributed by atoms with Gasteiger partial charge in [0.2, 0.25) is 0 Å². The number of benzene rings is 1. The van der Waals surface area contributed by atoms with Gasteiger partial charge in [-0.3, -0.25) is 0 Å². The average molecular weight is 300 g/mol. The Morgan fingerprint density at radius 1 is 1.06 bits per heavy atom. The van der Waals surface area contributed by atoms with Crippen LogP contribution in [0.1, 0.15) is 18.9 Å². The van der Waals surface area contributed by atoms with Crippen molar-refractivity contribution in [3.05, 3.63) is 33.8 Å². The van der Waals surface area contributed by atoms with E-state index in [2.05, 4.69) is 6.92 Å². The van der Waals surface area contributed by atoms with Crippen LogP contribution in [0, 0.1) is 5.41 Å². The van der Waals surface area contributed by atoms with E-state index in [0.717, 1.165) is 18.4 Å². The molecule has 0 heterocycles. The third-order valence-electron chi connectivity index (χ3n) is 2.88. The van der Waals surface area contributed by atoms with Gasteiger partial charge in [-0.15, -0.1) is 23.2 Å². The van der Waals surface area contributed by atoms with Crippen LogP contribution in [0.5, 0.6) is 0 Å². The normalized spacial score (nSPS) is 11.8. The highest BCUT2D eigenvalue weighted by Crippen LogP contribution is 2.32. The zero-order valence-corrected chi connectivity index (χ0v) is 12.1. The van der Waals surface area contributed by atoms with Crippen LogP contribution in [0.2, 0.25) is 10.0 Å². The highest BCUT2D eigenvalue weighted by molar-refractivity contribution is 6.42. The van der Waals surface area contributed by atoms with Gasteiger partial charge in [-0.2, -0.15) is 0 Å². The molecule has 0 unspecified atom stereocenters. The van der Waals surface area contributed by atoms with E-state index in [-0.39, 0.29) is 5.41 Å². The molecule has 0 bridgehead atoms. The van der Waals surface area contributed by atoms with Crippen molar-refractivity contribution in [3.63, 3.8) is 0 Å². The monoisotopic (exact) mass is 298 g/mol. The summed E-state index contributed by atoms with van der Waals surface area (Å²) in [6.07, 6.45) is 1.77. The predicted molar refractivity (Wildman–Crippen MR) is 74.3 cm³/mol. The minimum absolute atomic E-state index is 0.0553. The van der Waals surface area contributed by atoms with Gasteiger partial charge in [0.25, 0.3) is 0 Å². The first-order valence-electron chi connectivity index (χ1n) is 5.13. The molecule has 1 aromatic carbocycles. The molecule has 0 aliphatic carbocycles. The highest BCUT2D eigenvalue weighted by atomic mass is 35.5. The van der Waals surface area contributed by atoms with Crippen LogP contribution < -0.4 is 0 Å². The van der Waals surface area contributed by atoms with Crippen LogP contribution in [0.25, 0.3) is 0 Å². The highest BCUT2D eigenvalue weighted by Gasteiger charge is 2.26. The maximum Gasteiger partial charge on any atom is 0.0595 e. The van der Waals surface area contributed by atoms with Crippen molar-refractivity contribution in [1.82, 2.24) is 0 Å². The molecule has 0 atom stereocenters. The van der Waals surface area contributed by atoms with E-state index in [1.165, 1.54) is 0 Å². The summed E-state index contributed by atoms with van der Waals surface area (Å²) in [6, 6.07) is 5.66. The van der Waals surface area contributed by atoms with Crippen molar-refractivity contribution in [2.75, 3.05) is 11.8 Å². The molecular weight excluding hydrogens is 286 g/mol. The molecule has 1 rings (SSSR count). The fraction of sp³-hybridized carbons (Fsp3) is 0.500. The molecule has 0 nitrogen and oxygen atoms in total. The molecular formula is C12H14Cl4. The molecule has 0 aromatic heterocycles. The second kappa shape index (κ2) is 6.35. The van der Waals surface area contributed by atoms with E-state index < -0.39 is 0 Å². The van der Waals surface area contributed by atoms with Gasteiger partial charge < -0.3 is 0 Å². The van der Waals surface area contributed by atoms with Crippen LogP contribution in [0.3, 0.4) is 0 Å². The summed E-state index contributed by atoms with van der Waals surface area (Å²) in [5.41, 5.74) is 1.07. The van der Waals surface area contributed by atoms with Crippen LogP contribution >= 0.6 is 46.4 Å². The third kappa shape index (κ3) is 3.43. The Balaban J connectivity index is 2.89. The molecule has 16 heavy (non-hydrogen) atoms. The van der Waals surface area contributed by atoms with Crippen molar-refractivity contribution < 1.29 is 0 Å². The van der Waals surface area contributed by atoms with Gasteiger partial charge in [0.05, 0.1) is 10.0 Å². The number of rotatable bonds is 5. The summed E-state index contributed by atoms with van der Waals surface area (Å²) < 4.78 is 0. The Morgan fingerprint density at radius 3 is 2.12 bits per heavy atom. The predicted octanol–water partition coefficient (Wildman–Crippen LogP) is 5.41. The first-order chi connectivity index (χ1) is 7.56. The van der Waals surface area contributed by atoms with Crippen LogP contribution in [0.4, 0.5) is 0 Å². The Kier molecular flexibility index (Phi) is 5.73. The van der Waals surface area contributed by atoms with Gasteiger partial charge in [0.1, 0.15) is 0 Å². The lowest BCUT2D eigenvalue weighted by Gasteiger charge is -2.28. The van der Waals surface area contributed by atoms with Gasteiger partial charge in [-0.25, -0.2) is 0 Å². The van der Waals surface area contributed by atoms with Crippen molar-refractivity contribution in [1.29, 1.82) is 0 Å². The Morgan fingerprint density at radius 2 is 1.69 bits per heavy atom. The lowest BCUT2D eigenvalue weighted by Crippen LogP contribution is -2.27. The van der Waals surface area contributed by atoms with E-state index >= 15 is 0 Å². The Labute approximate surface area is 117 Å². The molecule has 0 saturated heterocycles. The van der Waals surface area contributed by atoms with E-state index in [1.807, 2.05) is 18.2 Å². The zero-order valence-electron chi connectivity index (χ0n) is 9.07. The van der Waals surface area contributed by atoms with Gasteiger partial charge in [-0.1, -0.05) is 36.2 Å². The molecule has 0 amide bonds. The lowest BCUT2D eigenvalue weighted by atomic mass is 9.83. The molecule has 90 valence electrons. The summed E-state index contributed by atoms with van der Waals surface area (Å²) in [6.45, 7) is 2.10. The minimum atomic E-state index is -0.0553. The van der Waals surface area contributed by atoms with Crippen molar-refractivity contribution in [3.8, 4) is 0 Å². The number of alkyl halides is 2. The molecule has 1 aromatic rings. The number of hydrogen-bond donors (Lipinski definition) is 0. The van der Waals surface area contributed by atoms with Crippen LogP contribution in [-0.4, -0.2) is 11.8 Å². The maximum atomic E-state index is 6.00. The number of halogens is 4. The van der Waals surface area contributed by atoms with Crippen LogP contribution in [-0.2, 0) is 6.42 Å². The fourth-order valence-electron chi connectivity index (χ4n) is 1.53. The molecule has 0 spiro atoms. The van der Waals surface area contributed by atoms with Crippen molar-refractivity contribution >= 4 is 46.4 Å². The SMILES string of the molecule is CCC(CCl)(CCl)Cc1ccc(Cl)c(Cl)c1. The van der Waals surface area contributed by atoms with Crippen molar-refractivity contribution in [2.24, 2.45) is 5.41 Å². The summed E-state index contributed by atoms with van der Waals surface area (Å²) in [7, 11) is 0. The van der Waals surface area contributed by atoms with E-state index in [9.17, 15) is 0 Å².